The van der Waals surface area contributed by atoms with Crippen molar-refractivity contribution in [2.24, 2.45) is 0 Å². The van der Waals surface area contributed by atoms with Crippen LogP contribution in [-0.2, 0) is 21.2 Å². The summed E-state index contributed by atoms with van der Waals surface area (Å²) in [5.41, 5.74) is 0.236. The minimum Gasteiger partial charge on any atom is -0.340 e. The molecule has 28 heavy (non-hydrogen) atoms. The molecule has 0 atom stereocenters. The number of piperazine rings is 1. The maximum absolute atomic E-state index is 12.8. The van der Waals surface area contributed by atoms with Gasteiger partial charge < -0.3 is 4.90 Å². The van der Waals surface area contributed by atoms with Crippen molar-refractivity contribution in [1.82, 2.24) is 9.21 Å². The fraction of sp³-hybridized carbons (Fsp3) is 0.278. The number of nitro benzene ring substituents is 1. The number of para-hydroxylation sites is 1. The molecule has 10 heteroatoms. The van der Waals surface area contributed by atoms with Gasteiger partial charge in [-0.3, -0.25) is 14.9 Å². The van der Waals surface area contributed by atoms with Gasteiger partial charge in [-0.1, -0.05) is 41.9 Å². The van der Waals surface area contributed by atoms with E-state index in [0.29, 0.717) is 5.56 Å². The highest BCUT2D eigenvalue weighted by atomic mass is 35.5. The van der Waals surface area contributed by atoms with E-state index in [4.69, 9.17) is 11.6 Å². The minimum atomic E-state index is -3.74. The van der Waals surface area contributed by atoms with Gasteiger partial charge in [0.15, 0.2) is 0 Å². The molecule has 1 fully saturated rings. The van der Waals surface area contributed by atoms with Crippen molar-refractivity contribution >= 4 is 33.2 Å². The Bertz CT molecular complexity index is 1000. The van der Waals surface area contributed by atoms with Gasteiger partial charge in [0.05, 0.1) is 16.4 Å². The molecule has 1 heterocycles. The van der Waals surface area contributed by atoms with Gasteiger partial charge in [-0.2, -0.15) is 4.31 Å². The van der Waals surface area contributed by atoms with Crippen molar-refractivity contribution in [2.75, 3.05) is 26.2 Å². The van der Waals surface area contributed by atoms with Gasteiger partial charge in [-0.15, -0.1) is 0 Å². The van der Waals surface area contributed by atoms with Gasteiger partial charge in [0.25, 0.3) is 5.69 Å². The molecule has 0 saturated carbocycles. The molecule has 1 saturated heterocycles. The zero-order valence-corrected chi connectivity index (χ0v) is 16.4. The van der Waals surface area contributed by atoms with Gasteiger partial charge in [0.2, 0.25) is 15.9 Å². The Kier molecular flexibility index (Phi) is 5.97. The van der Waals surface area contributed by atoms with Crippen molar-refractivity contribution in [1.29, 1.82) is 0 Å². The molecule has 1 aliphatic heterocycles. The summed E-state index contributed by atoms with van der Waals surface area (Å²) in [5, 5.41) is 11.2. The van der Waals surface area contributed by atoms with E-state index in [2.05, 4.69) is 0 Å². The summed E-state index contributed by atoms with van der Waals surface area (Å²) in [5.74, 6) is -0.274. The van der Waals surface area contributed by atoms with E-state index in [0.717, 1.165) is 0 Å². The number of halogens is 1. The molecule has 3 rings (SSSR count). The summed E-state index contributed by atoms with van der Waals surface area (Å²) in [6, 6.07) is 12.3. The summed E-state index contributed by atoms with van der Waals surface area (Å²) in [6.45, 7) is 0.693. The molecule has 2 aromatic rings. The van der Waals surface area contributed by atoms with E-state index in [-0.39, 0.29) is 54.1 Å². The summed E-state index contributed by atoms with van der Waals surface area (Å²) in [7, 11) is -3.74. The summed E-state index contributed by atoms with van der Waals surface area (Å²) in [4.78, 5) is 24.7. The van der Waals surface area contributed by atoms with Crippen molar-refractivity contribution in [3.05, 3.63) is 69.2 Å². The predicted octanol–water partition coefficient (Wildman–Crippen LogP) is 2.32. The van der Waals surface area contributed by atoms with E-state index in [1.54, 1.807) is 30.3 Å². The standard InChI is InChI=1S/C18H18ClN3O5S/c19-15-6-2-4-8-17(15)28(26,27)21-11-9-20(10-12-21)18(23)13-14-5-1-3-7-16(14)22(24)25/h1-8H,9-13H2. The van der Waals surface area contributed by atoms with Gasteiger partial charge in [-0.05, 0) is 12.1 Å². The molecule has 0 spiro atoms. The molecular weight excluding hydrogens is 406 g/mol. The number of nitrogens with zero attached hydrogens (tertiary/aromatic N) is 3. The van der Waals surface area contributed by atoms with Crippen molar-refractivity contribution in [3.63, 3.8) is 0 Å². The first kappa shape index (κ1) is 20.2. The van der Waals surface area contributed by atoms with Crippen LogP contribution in [0, 0.1) is 10.1 Å². The van der Waals surface area contributed by atoms with E-state index >= 15 is 0 Å². The van der Waals surface area contributed by atoms with Crippen molar-refractivity contribution in [2.45, 2.75) is 11.3 Å². The molecule has 0 aliphatic carbocycles. The average molecular weight is 424 g/mol. The van der Waals surface area contributed by atoms with Gasteiger partial charge in [0, 0.05) is 37.8 Å². The first-order valence-electron chi connectivity index (χ1n) is 8.55. The smallest absolute Gasteiger partial charge is 0.273 e. The summed E-state index contributed by atoms with van der Waals surface area (Å²) >= 11 is 6.01. The van der Waals surface area contributed by atoms with Gasteiger partial charge >= 0.3 is 0 Å². The maximum atomic E-state index is 12.8. The summed E-state index contributed by atoms with van der Waals surface area (Å²) < 4.78 is 26.8. The molecule has 0 bridgehead atoms. The van der Waals surface area contributed by atoms with E-state index in [1.165, 1.54) is 27.4 Å². The fourth-order valence-electron chi connectivity index (χ4n) is 3.08. The molecule has 1 amide bonds. The van der Waals surface area contributed by atoms with Crippen LogP contribution < -0.4 is 0 Å². The Morgan fingerprint density at radius 3 is 2.29 bits per heavy atom. The summed E-state index contributed by atoms with van der Waals surface area (Å²) in [6.07, 6.45) is -0.103. The third-order valence-electron chi connectivity index (χ3n) is 4.58. The lowest BCUT2D eigenvalue weighted by Gasteiger charge is -2.34. The molecular formula is C18H18ClN3O5S. The first-order valence-corrected chi connectivity index (χ1v) is 10.4. The Labute approximate surface area is 167 Å². The van der Waals surface area contributed by atoms with Crippen LogP contribution in [0.25, 0.3) is 0 Å². The average Bonchev–Trinajstić information content (AvgIpc) is 2.68. The van der Waals surface area contributed by atoms with Crippen molar-refractivity contribution in [3.8, 4) is 0 Å². The number of carbonyl (C=O) groups excluding carboxylic acids is 1. The van der Waals surface area contributed by atoms with E-state index < -0.39 is 14.9 Å². The van der Waals surface area contributed by atoms with Crippen LogP contribution in [0.2, 0.25) is 5.02 Å². The maximum Gasteiger partial charge on any atom is 0.273 e. The number of hydrogen-bond donors (Lipinski definition) is 0. The van der Waals surface area contributed by atoms with E-state index in [1.807, 2.05) is 0 Å². The highest BCUT2D eigenvalue weighted by Gasteiger charge is 2.31. The number of hydrogen-bond acceptors (Lipinski definition) is 5. The zero-order chi connectivity index (χ0) is 20.3. The normalized spacial score (nSPS) is 15.4. The zero-order valence-electron chi connectivity index (χ0n) is 14.8. The highest BCUT2D eigenvalue weighted by Crippen LogP contribution is 2.25. The van der Waals surface area contributed by atoms with Crippen LogP contribution in [0.15, 0.2) is 53.4 Å². The number of nitro groups is 1. The second-order valence-corrected chi connectivity index (χ2v) is 8.59. The molecule has 8 nitrogen and oxygen atoms in total. The second kappa shape index (κ2) is 8.26. The van der Waals surface area contributed by atoms with Crippen molar-refractivity contribution < 1.29 is 18.1 Å². The molecule has 0 aromatic heterocycles. The van der Waals surface area contributed by atoms with Gasteiger partial charge in [0.1, 0.15) is 4.90 Å². The lowest BCUT2D eigenvalue weighted by molar-refractivity contribution is -0.385. The SMILES string of the molecule is O=C(Cc1ccccc1[N+](=O)[O-])N1CCN(S(=O)(=O)c2ccccc2Cl)CC1. The lowest BCUT2D eigenvalue weighted by Crippen LogP contribution is -2.50. The highest BCUT2D eigenvalue weighted by molar-refractivity contribution is 7.89. The topological polar surface area (TPSA) is 101 Å². The minimum absolute atomic E-state index is 0.0383. The number of benzene rings is 2. The molecule has 2 aromatic carbocycles. The Morgan fingerprint density at radius 2 is 1.64 bits per heavy atom. The Morgan fingerprint density at radius 1 is 1.04 bits per heavy atom. The van der Waals surface area contributed by atoms with Crippen LogP contribution in [0.1, 0.15) is 5.56 Å². The third kappa shape index (κ3) is 4.16. The van der Waals surface area contributed by atoms with Gasteiger partial charge in [-0.25, -0.2) is 8.42 Å². The van der Waals surface area contributed by atoms with Crippen LogP contribution in [0.4, 0.5) is 5.69 Å². The van der Waals surface area contributed by atoms with Crippen LogP contribution in [0.5, 0.6) is 0 Å². The van der Waals surface area contributed by atoms with Crippen LogP contribution in [-0.4, -0.2) is 54.6 Å². The first-order chi connectivity index (χ1) is 13.3. The second-order valence-electron chi connectivity index (χ2n) is 6.28. The Hall–Kier alpha value is -2.49. The predicted molar refractivity (Wildman–Crippen MR) is 104 cm³/mol. The van der Waals surface area contributed by atoms with Crippen LogP contribution in [0.3, 0.4) is 0 Å². The molecule has 0 unspecified atom stereocenters. The third-order valence-corrected chi connectivity index (χ3v) is 6.97. The van der Waals surface area contributed by atoms with E-state index in [9.17, 15) is 23.3 Å². The quantitative estimate of drug-likeness (QED) is 0.542. The number of carbonyl (C=O) groups is 1. The molecule has 148 valence electrons. The molecule has 0 N–H and O–H groups in total. The number of sulfonamides is 1. The van der Waals surface area contributed by atoms with Crippen LogP contribution >= 0.6 is 11.6 Å². The largest absolute Gasteiger partial charge is 0.340 e. The number of amides is 1. The molecule has 1 aliphatic rings. The lowest BCUT2D eigenvalue weighted by atomic mass is 10.1. The molecule has 0 radical (unpaired) electrons. The monoisotopic (exact) mass is 423 g/mol. The fourth-order valence-corrected chi connectivity index (χ4v) is 5.00. The Balaban J connectivity index is 1.67. The number of rotatable bonds is 5.